The molecule has 1 saturated carbocycles. The summed E-state index contributed by atoms with van der Waals surface area (Å²) >= 11 is 6.14. The van der Waals surface area contributed by atoms with Crippen LogP contribution in [0.5, 0.6) is 0 Å². The molecule has 15 heavy (non-hydrogen) atoms. The SMILES string of the molecule is CC1CC=CCC1C(Cl)OC(=O)C1CC1. The fraction of sp³-hybridized carbons (Fsp3) is 0.750. The van der Waals surface area contributed by atoms with Crippen molar-refractivity contribution in [3.05, 3.63) is 12.2 Å². The first-order chi connectivity index (χ1) is 7.18. The van der Waals surface area contributed by atoms with Gasteiger partial charge in [0.2, 0.25) is 0 Å². The summed E-state index contributed by atoms with van der Waals surface area (Å²) < 4.78 is 5.28. The molecule has 2 aliphatic rings. The summed E-state index contributed by atoms with van der Waals surface area (Å²) in [5, 5.41) is 0. The minimum atomic E-state index is -0.446. The molecule has 0 aromatic carbocycles. The quantitative estimate of drug-likeness (QED) is 0.422. The molecule has 0 aromatic heterocycles. The minimum Gasteiger partial charge on any atom is -0.445 e. The van der Waals surface area contributed by atoms with Crippen LogP contribution < -0.4 is 0 Å². The van der Waals surface area contributed by atoms with Gasteiger partial charge in [0.05, 0.1) is 5.92 Å². The van der Waals surface area contributed by atoms with Gasteiger partial charge in [-0.15, -0.1) is 0 Å². The molecule has 0 spiro atoms. The Morgan fingerprint density at radius 2 is 2.07 bits per heavy atom. The Balaban J connectivity index is 1.85. The molecule has 2 nitrogen and oxygen atoms in total. The second-order valence-electron chi connectivity index (χ2n) is 4.65. The van der Waals surface area contributed by atoms with Gasteiger partial charge < -0.3 is 4.74 Å². The standard InChI is InChI=1S/C12H17ClO2/c1-8-4-2-3-5-10(8)11(13)15-12(14)9-6-7-9/h2-3,8-11H,4-7H2,1H3. The third kappa shape index (κ3) is 2.75. The van der Waals surface area contributed by atoms with E-state index in [2.05, 4.69) is 19.1 Å². The minimum absolute atomic E-state index is 0.100. The molecule has 3 unspecified atom stereocenters. The third-order valence-electron chi connectivity index (χ3n) is 3.29. The van der Waals surface area contributed by atoms with Gasteiger partial charge in [-0.25, -0.2) is 0 Å². The highest BCUT2D eigenvalue weighted by molar-refractivity contribution is 6.20. The van der Waals surface area contributed by atoms with Crippen LogP contribution in [-0.2, 0) is 9.53 Å². The van der Waals surface area contributed by atoms with E-state index in [1.54, 1.807) is 0 Å². The number of ether oxygens (including phenoxy) is 1. The van der Waals surface area contributed by atoms with Crippen molar-refractivity contribution in [2.24, 2.45) is 17.8 Å². The van der Waals surface area contributed by atoms with Crippen LogP contribution in [-0.4, -0.2) is 11.5 Å². The maximum Gasteiger partial charge on any atom is 0.310 e. The van der Waals surface area contributed by atoms with Gasteiger partial charge in [0.25, 0.3) is 0 Å². The molecule has 0 aromatic rings. The van der Waals surface area contributed by atoms with Gasteiger partial charge in [0, 0.05) is 5.92 Å². The smallest absolute Gasteiger partial charge is 0.310 e. The summed E-state index contributed by atoms with van der Waals surface area (Å²) in [4.78, 5) is 11.4. The van der Waals surface area contributed by atoms with Crippen molar-refractivity contribution in [2.45, 2.75) is 38.2 Å². The zero-order valence-electron chi connectivity index (χ0n) is 8.99. The number of halogens is 1. The lowest BCUT2D eigenvalue weighted by Gasteiger charge is -2.28. The lowest BCUT2D eigenvalue weighted by Crippen LogP contribution is -2.28. The van der Waals surface area contributed by atoms with Gasteiger partial charge in [-0.2, -0.15) is 0 Å². The molecule has 0 N–H and O–H groups in total. The van der Waals surface area contributed by atoms with Crippen LogP contribution in [0.2, 0.25) is 0 Å². The first-order valence-corrected chi connectivity index (χ1v) is 6.11. The van der Waals surface area contributed by atoms with E-state index < -0.39 is 5.56 Å². The monoisotopic (exact) mass is 228 g/mol. The van der Waals surface area contributed by atoms with Crippen molar-refractivity contribution in [3.8, 4) is 0 Å². The van der Waals surface area contributed by atoms with E-state index in [9.17, 15) is 4.79 Å². The molecule has 2 rings (SSSR count). The molecule has 3 heteroatoms. The normalized spacial score (nSPS) is 32.4. The van der Waals surface area contributed by atoms with Gasteiger partial charge in [0.1, 0.15) is 0 Å². The molecular formula is C12H17ClO2. The third-order valence-corrected chi connectivity index (χ3v) is 3.70. The van der Waals surface area contributed by atoms with Gasteiger partial charge in [-0.1, -0.05) is 30.7 Å². The van der Waals surface area contributed by atoms with Crippen molar-refractivity contribution in [1.29, 1.82) is 0 Å². The molecule has 0 bridgehead atoms. The molecule has 0 saturated heterocycles. The zero-order chi connectivity index (χ0) is 10.8. The summed E-state index contributed by atoms with van der Waals surface area (Å²) in [6.45, 7) is 2.16. The molecule has 3 atom stereocenters. The van der Waals surface area contributed by atoms with Gasteiger partial charge in [0.15, 0.2) is 5.56 Å². The Kier molecular flexibility index (Phi) is 3.35. The van der Waals surface area contributed by atoms with Crippen molar-refractivity contribution in [2.75, 3.05) is 0 Å². The molecule has 84 valence electrons. The fourth-order valence-corrected chi connectivity index (χ4v) is 2.39. The fourth-order valence-electron chi connectivity index (χ4n) is 1.95. The lowest BCUT2D eigenvalue weighted by atomic mass is 9.85. The van der Waals surface area contributed by atoms with E-state index in [1.807, 2.05) is 0 Å². The zero-order valence-corrected chi connectivity index (χ0v) is 9.74. The van der Waals surface area contributed by atoms with E-state index >= 15 is 0 Å². The maximum atomic E-state index is 11.4. The number of esters is 1. The van der Waals surface area contributed by atoms with Gasteiger partial charge >= 0.3 is 5.97 Å². The number of allylic oxidation sites excluding steroid dienone is 2. The predicted octanol–water partition coefficient (Wildman–Crippen LogP) is 3.11. The largest absolute Gasteiger partial charge is 0.445 e. The second kappa shape index (κ2) is 4.56. The summed E-state index contributed by atoms with van der Waals surface area (Å²) in [6.07, 6.45) is 8.21. The number of hydrogen-bond donors (Lipinski definition) is 0. The van der Waals surface area contributed by atoms with E-state index in [0.29, 0.717) is 5.92 Å². The first-order valence-electron chi connectivity index (χ1n) is 5.68. The Labute approximate surface area is 95.6 Å². The maximum absolute atomic E-state index is 11.4. The topological polar surface area (TPSA) is 26.3 Å². The molecular weight excluding hydrogens is 212 g/mol. The molecule has 0 aliphatic heterocycles. The molecule has 1 fully saturated rings. The van der Waals surface area contributed by atoms with E-state index in [1.165, 1.54) is 0 Å². The van der Waals surface area contributed by atoms with Crippen molar-refractivity contribution < 1.29 is 9.53 Å². The van der Waals surface area contributed by atoms with E-state index in [0.717, 1.165) is 25.7 Å². The van der Waals surface area contributed by atoms with Crippen molar-refractivity contribution >= 4 is 17.6 Å². The number of carbonyl (C=O) groups is 1. The Hall–Kier alpha value is -0.500. The Morgan fingerprint density at radius 1 is 1.40 bits per heavy atom. The summed E-state index contributed by atoms with van der Waals surface area (Å²) in [7, 11) is 0. The van der Waals surface area contributed by atoms with Crippen LogP contribution in [0.3, 0.4) is 0 Å². The van der Waals surface area contributed by atoms with Crippen LogP contribution >= 0.6 is 11.6 Å². The average molecular weight is 229 g/mol. The second-order valence-corrected chi connectivity index (χ2v) is 5.08. The van der Waals surface area contributed by atoms with E-state index in [-0.39, 0.29) is 17.8 Å². The van der Waals surface area contributed by atoms with Gasteiger partial charge in [-0.05, 0) is 31.6 Å². The summed E-state index contributed by atoms with van der Waals surface area (Å²) in [5.41, 5.74) is -0.446. The van der Waals surface area contributed by atoms with Crippen LogP contribution in [0.4, 0.5) is 0 Å². The first kappa shape index (κ1) is 11.0. The lowest BCUT2D eigenvalue weighted by molar-refractivity contribution is -0.149. The Bertz CT molecular complexity index is 271. The van der Waals surface area contributed by atoms with Crippen LogP contribution in [0.1, 0.15) is 32.6 Å². The summed E-state index contributed by atoms with van der Waals surface area (Å²) in [6, 6.07) is 0. The molecule has 0 radical (unpaired) electrons. The number of carbonyl (C=O) groups excluding carboxylic acids is 1. The van der Waals surface area contributed by atoms with Crippen molar-refractivity contribution in [1.82, 2.24) is 0 Å². The highest BCUT2D eigenvalue weighted by Crippen LogP contribution is 2.35. The number of hydrogen-bond acceptors (Lipinski definition) is 2. The number of alkyl halides is 1. The summed E-state index contributed by atoms with van der Waals surface area (Å²) in [5.74, 6) is 0.821. The van der Waals surface area contributed by atoms with Crippen LogP contribution in [0.25, 0.3) is 0 Å². The highest BCUT2D eigenvalue weighted by atomic mass is 35.5. The number of rotatable bonds is 3. The van der Waals surface area contributed by atoms with E-state index in [4.69, 9.17) is 16.3 Å². The molecule has 2 aliphatic carbocycles. The predicted molar refractivity (Wildman–Crippen MR) is 59.5 cm³/mol. The molecule has 0 heterocycles. The Morgan fingerprint density at radius 3 is 2.67 bits per heavy atom. The van der Waals surface area contributed by atoms with Gasteiger partial charge in [-0.3, -0.25) is 4.79 Å². The van der Waals surface area contributed by atoms with Crippen molar-refractivity contribution in [3.63, 3.8) is 0 Å². The average Bonchev–Trinajstić information content (AvgIpc) is 3.01. The molecule has 0 amide bonds. The van der Waals surface area contributed by atoms with Crippen LogP contribution in [0.15, 0.2) is 12.2 Å². The highest BCUT2D eigenvalue weighted by Gasteiger charge is 2.35. The van der Waals surface area contributed by atoms with Crippen LogP contribution in [0, 0.1) is 17.8 Å².